The molecule has 0 fully saturated rings. The molecule has 1 aromatic carbocycles. The fourth-order valence-corrected chi connectivity index (χ4v) is 5.21. The van der Waals surface area contributed by atoms with E-state index in [4.69, 9.17) is 5.73 Å². The molecule has 1 aliphatic carbocycles. The Morgan fingerprint density at radius 3 is 2.76 bits per heavy atom. The van der Waals surface area contributed by atoms with E-state index in [1.807, 2.05) is 24.3 Å². The summed E-state index contributed by atoms with van der Waals surface area (Å²) in [5.41, 5.74) is 9.46. The summed E-state index contributed by atoms with van der Waals surface area (Å²) in [5.74, 6) is 0.100. The van der Waals surface area contributed by atoms with Crippen LogP contribution in [0.4, 0.5) is 0 Å². The van der Waals surface area contributed by atoms with Crippen LogP contribution >= 0.6 is 15.9 Å². The van der Waals surface area contributed by atoms with Crippen molar-refractivity contribution in [2.75, 3.05) is 6.54 Å². The number of nitrogens with two attached hydrogens (primary N) is 1. The summed E-state index contributed by atoms with van der Waals surface area (Å²) in [5, 5.41) is 0. The maximum absolute atomic E-state index is 13.2. The van der Waals surface area contributed by atoms with Crippen molar-refractivity contribution in [3.05, 3.63) is 70.6 Å². The molecule has 5 nitrogen and oxygen atoms in total. The molecule has 2 N–H and O–H groups in total. The third kappa shape index (κ3) is 2.72. The molecule has 2 heterocycles. The molecule has 1 aliphatic rings. The Hall–Kier alpha value is -1.96. The van der Waals surface area contributed by atoms with Crippen LogP contribution in [0.15, 0.2) is 64.4 Å². The van der Waals surface area contributed by atoms with Crippen molar-refractivity contribution in [2.45, 2.75) is 17.2 Å². The predicted octanol–water partition coefficient (Wildman–Crippen LogP) is 3.34. The molecule has 0 saturated carbocycles. The molecule has 2 aromatic heterocycles. The van der Waals surface area contributed by atoms with Crippen molar-refractivity contribution in [1.82, 2.24) is 8.96 Å². The van der Waals surface area contributed by atoms with Crippen LogP contribution in [0.2, 0.25) is 0 Å². The lowest BCUT2D eigenvalue weighted by molar-refractivity contribution is 0.587. The van der Waals surface area contributed by atoms with Gasteiger partial charge in [0.15, 0.2) is 0 Å². The first-order valence-corrected chi connectivity index (χ1v) is 10.1. The Bertz CT molecular complexity index is 1060. The van der Waals surface area contributed by atoms with Crippen LogP contribution in [-0.4, -0.2) is 23.9 Å². The number of aromatic nitrogens is 2. The van der Waals surface area contributed by atoms with Crippen LogP contribution in [-0.2, 0) is 10.0 Å². The molecule has 0 saturated heterocycles. The number of pyridine rings is 1. The fourth-order valence-electron chi connectivity index (χ4n) is 3.32. The first kappa shape index (κ1) is 16.5. The Morgan fingerprint density at radius 1 is 1.16 bits per heavy atom. The minimum atomic E-state index is -3.74. The number of nitrogens with zero attached hydrogens (tertiary/aromatic N) is 2. The lowest BCUT2D eigenvalue weighted by Gasteiger charge is -2.17. The molecular formula is C18H16BrN3O2S. The number of fused-ring (bicyclic) bond motifs is 5. The van der Waals surface area contributed by atoms with Crippen LogP contribution in [0.3, 0.4) is 0 Å². The topological polar surface area (TPSA) is 78.0 Å². The van der Waals surface area contributed by atoms with Crippen LogP contribution in [0.25, 0.3) is 11.3 Å². The first-order chi connectivity index (χ1) is 12.0. The maximum atomic E-state index is 13.2. The average Bonchev–Trinajstić information content (AvgIpc) is 3.02. The molecule has 3 aromatic rings. The second-order valence-corrected chi connectivity index (χ2v) is 8.78. The van der Waals surface area contributed by atoms with Crippen molar-refractivity contribution in [3.8, 4) is 11.3 Å². The summed E-state index contributed by atoms with van der Waals surface area (Å²) < 4.78 is 28.3. The molecule has 0 aliphatic heterocycles. The summed E-state index contributed by atoms with van der Waals surface area (Å²) in [6.45, 7) is 0.539. The third-order valence-corrected chi connectivity index (χ3v) is 6.56. The molecular weight excluding hydrogens is 402 g/mol. The zero-order valence-corrected chi connectivity index (χ0v) is 15.7. The van der Waals surface area contributed by atoms with E-state index < -0.39 is 10.0 Å². The van der Waals surface area contributed by atoms with E-state index in [2.05, 4.69) is 27.0 Å². The van der Waals surface area contributed by atoms with E-state index in [0.717, 1.165) is 17.5 Å². The average molecular weight is 418 g/mol. The van der Waals surface area contributed by atoms with Gasteiger partial charge in [-0.05, 0) is 63.8 Å². The van der Waals surface area contributed by atoms with Crippen LogP contribution in [0.5, 0.6) is 0 Å². The van der Waals surface area contributed by atoms with Gasteiger partial charge in [0.25, 0.3) is 10.0 Å². The van der Waals surface area contributed by atoms with Crippen LogP contribution in [0, 0.1) is 0 Å². The Morgan fingerprint density at radius 2 is 2.00 bits per heavy atom. The Labute approximate surface area is 154 Å². The van der Waals surface area contributed by atoms with Gasteiger partial charge in [-0.25, -0.2) is 12.4 Å². The standard InChI is InChI=1S/C18H16BrN3O2S/c19-15-8-16(10-21-9-15)25(23,24)22-11-14-7-18(22)13-3-1-2-12(6-13)17(14)4-5-20/h1-3,6-11,17H,4-5,20H2. The minimum absolute atomic E-state index is 0.100. The van der Waals surface area contributed by atoms with Gasteiger partial charge in [0, 0.05) is 29.0 Å². The van der Waals surface area contributed by atoms with E-state index >= 15 is 0 Å². The van der Waals surface area contributed by atoms with Crippen molar-refractivity contribution in [2.24, 2.45) is 5.73 Å². The van der Waals surface area contributed by atoms with Gasteiger partial charge >= 0.3 is 0 Å². The molecule has 25 heavy (non-hydrogen) atoms. The molecule has 4 bridgehead atoms. The Balaban J connectivity index is 1.93. The molecule has 0 radical (unpaired) electrons. The van der Waals surface area contributed by atoms with E-state index in [1.165, 1.54) is 15.7 Å². The summed E-state index contributed by atoms with van der Waals surface area (Å²) >= 11 is 3.29. The van der Waals surface area contributed by atoms with Gasteiger partial charge in [-0.2, -0.15) is 0 Å². The largest absolute Gasteiger partial charge is 0.330 e. The molecule has 0 amide bonds. The van der Waals surface area contributed by atoms with Gasteiger partial charge in [-0.15, -0.1) is 0 Å². The molecule has 0 spiro atoms. The van der Waals surface area contributed by atoms with E-state index in [9.17, 15) is 8.42 Å². The smallest absolute Gasteiger partial charge is 0.269 e. The highest BCUT2D eigenvalue weighted by Crippen LogP contribution is 2.39. The summed E-state index contributed by atoms with van der Waals surface area (Å²) in [7, 11) is -3.74. The third-order valence-electron chi connectivity index (χ3n) is 4.49. The highest BCUT2D eigenvalue weighted by Gasteiger charge is 2.27. The van der Waals surface area contributed by atoms with Crippen molar-refractivity contribution >= 4 is 26.0 Å². The molecule has 1 atom stereocenters. The zero-order valence-electron chi connectivity index (χ0n) is 13.3. The first-order valence-electron chi connectivity index (χ1n) is 7.89. The SMILES string of the molecule is NCCC1c2cccc(c2)-c2cc1cn2S(=O)(=O)c1cncc(Br)c1. The van der Waals surface area contributed by atoms with Crippen LogP contribution in [0.1, 0.15) is 23.5 Å². The summed E-state index contributed by atoms with van der Waals surface area (Å²) in [6, 6.07) is 11.5. The Kier molecular flexibility index (Phi) is 4.02. The number of rotatable bonds is 4. The van der Waals surface area contributed by atoms with Gasteiger partial charge in [-0.1, -0.05) is 18.2 Å². The van der Waals surface area contributed by atoms with Gasteiger partial charge in [0.05, 0.1) is 5.69 Å². The van der Waals surface area contributed by atoms with E-state index in [-0.39, 0.29) is 10.8 Å². The maximum Gasteiger partial charge on any atom is 0.269 e. The van der Waals surface area contributed by atoms with Gasteiger partial charge < -0.3 is 5.73 Å². The summed E-state index contributed by atoms with van der Waals surface area (Å²) in [4.78, 5) is 4.14. The van der Waals surface area contributed by atoms with Crippen molar-refractivity contribution in [1.29, 1.82) is 0 Å². The summed E-state index contributed by atoms with van der Waals surface area (Å²) in [6.07, 6.45) is 5.41. The predicted molar refractivity (Wildman–Crippen MR) is 99.9 cm³/mol. The molecule has 1 unspecified atom stereocenters. The lowest BCUT2D eigenvalue weighted by Crippen LogP contribution is -2.15. The van der Waals surface area contributed by atoms with E-state index in [0.29, 0.717) is 16.7 Å². The lowest BCUT2D eigenvalue weighted by atomic mass is 9.91. The number of benzene rings is 1. The highest BCUT2D eigenvalue weighted by atomic mass is 79.9. The normalized spacial score (nSPS) is 15.8. The fraction of sp³-hybridized carbons (Fsp3) is 0.167. The number of hydrogen-bond donors (Lipinski definition) is 1. The number of hydrogen-bond acceptors (Lipinski definition) is 4. The van der Waals surface area contributed by atoms with Crippen molar-refractivity contribution in [3.63, 3.8) is 0 Å². The van der Waals surface area contributed by atoms with E-state index in [1.54, 1.807) is 18.5 Å². The van der Waals surface area contributed by atoms with Crippen molar-refractivity contribution < 1.29 is 8.42 Å². The highest BCUT2D eigenvalue weighted by molar-refractivity contribution is 9.10. The molecule has 4 rings (SSSR count). The minimum Gasteiger partial charge on any atom is -0.330 e. The monoisotopic (exact) mass is 417 g/mol. The molecule has 7 heteroatoms. The zero-order chi connectivity index (χ0) is 17.6. The van der Waals surface area contributed by atoms with Crippen LogP contribution < -0.4 is 5.73 Å². The second-order valence-electron chi connectivity index (χ2n) is 6.05. The van der Waals surface area contributed by atoms with Gasteiger partial charge in [-0.3, -0.25) is 4.98 Å². The van der Waals surface area contributed by atoms with Gasteiger partial charge in [0.2, 0.25) is 0 Å². The van der Waals surface area contributed by atoms with Gasteiger partial charge in [0.1, 0.15) is 4.90 Å². The molecule has 128 valence electrons. The second kappa shape index (κ2) is 6.09. The number of halogens is 1. The quantitative estimate of drug-likeness (QED) is 0.705.